The van der Waals surface area contributed by atoms with Gasteiger partial charge in [-0.15, -0.1) is 0 Å². The number of rotatable bonds is 5. The van der Waals surface area contributed by atoms with E-state index < -0.39 is 4.92 Å². The average molecular weight is 430 g/mol. The fourth-order valence-corrected chi connectivity index (χ4v) is 3.03. The molecular weight excluding hydrogens is 414 g/mol. The standard InChI is InChI=1S/C18H16BrN5O3/c1-12(13-3-6-15(7-4-13)23-11-20-10-21-23)22(2)18(25)14-5-8-16(19)17(9-14)24(26)27/h3-12H,1-2H3. The molecule has 0 radical (unpaired) electrons. The quantitative estimate of drug-likeness (QED) is 0.454. The summed E-state index contributed by atoms with van der Waals surface area (Å²) in [5, 5.41) is 15.2. The minimum atomic E-state index is -0.521. The van der Waals surface area contributed by atoms with Crippen LogP contribution in [-0.2, 0) is 0 Å². The van der Waals surface area contributed by atoms with Gasteiger partial charge in [-0.2, -0.15) is 5.10 Å². The fraction of sp³-hybridized carbons (Fsp3) is 0.167. The topological polar surface area (TPSA) is 94.2 Å². The monoisotopic (exact) mass is 429 g/mol. The first kappa shape index (κ1) is 18.7. The first-order valence-electron chi connectivity index (χ1n) is 8.04. The molecule has 0 N–H and O–H groups in total. The molecule has 0 aliphatic rings. The SMILES string of the molecule is CC(c1ccc(-n2cncn2)cc1)N(C)C(=O)c1ccc(Br)c([N+](=O)[O-])c1. The highest BCUT2D eigenvalue weighted by atomic mass is 79.9. The van der Waals surface area contributed by atoms with E-state index in [-0.39, 0.29) is 23.2 Å². The third-order valence-electron chi connectivity index (χ3n) is 4.35. The zero-order valence-electron chi connectivity index (χ0n) is 14.6. The van der Waals surface area contributed by atoms with E-state index in [0.29, 0.717) is 4.47 Å². The zero-order valence-corrected chi connectivity index (χ0v) is 16.2. The van der Waals surface area contributed by atoms with Crippen LogP contribution >= 0.6 is 15.9 Å². The van der Waals surface area contributed by atoms with Gasteiger partial charge in [0, 0.05) is 18.7 Å². The minimum absolute atomic E-state index is 0.140. The zero-order chi connectivity index (χ0) is 19.6. The molecule has 1 amide bonds. The van der Waals surface area contributed by atoms with Crippen molar-refractivity contribution in [3.63, 3.8) is 0 Å². The number of hydrogen-bond acceptors (Lipinski definition) is 5. The number of amides is 1. The summed E-state index contributed by atoms with van der Waals surface area (Å²) in [6.45, 7) is 1.90. The van der Waals surface area contributed by atoms with E-state index in [1.165, 1.54) is 18.5 Å². The van der Waals surface area contributed by atoms with Gasteiger partial charge in [-0.25, -0.2) is 9.67 Å². The van der Waals surface area contributed by atoms with E-state index in [4.69, 9.17) is 0 Å². The van der Waals surface area contributed by atoms with Crippen molar-refractivity contribution < 1.29 is 9.72 Å². The Morgan fingerprint density at radius 2 is 1.96 bits per heavy atom. The predicted molar refractivity (Wildman–Crippen MR) is 103 cm³/mol. The summed E-state index contributed by atoms with van der Waals surface area (Å²) in [5.74, 6) is -0.293. The van der Waals surface area contributed by atoms with Gasteiger partial charge in [0.15, 0.2) is 0 Å². The third-order valence-corrected chi connectivity index (χ3v) is 5.02. The van der Waals surface area contributed by atoms with Crippen molar-refractivity contribution in [2.24, 2.45) is 0 Å². The van der Waals surface area contributed by atoms with Gasteiger partial charge in [-0.05, 0) is 52.7 Å². The number of carbonyl (C=O) groups excluding carboxylic acids is 1. The van der Waals surface area contributed by atoms with Gasteiger partial charge in [0.1, 0.15) is 12.7 Å². The van der Waals surface area contributed by atoms with E-state index in [1.807, 2.05) is 31.2 Å². The van der Waals surface area contributed by atoms with E-state index in [0.717, 1.165) is 11.3 Å². The van der Waals surface area contributed by atoms with Crippen molar-refractivity contribution in [2.75, 3.05) is 7.05 Å². The molecule has 1 heterocycles. The molecule has 9 heteroatoms. The van der Waals surface area contributed by atoms with E-state index >= 15 is 0 Å². The Morgan fingerprint density at radius 3 is 2.56 bits per heavy atom. The summed E-state index contributed by atoms with van der Waals surface area (Å²) >= 11 is 3.13. The van der Waals surface area contributed by atoms with Crippen LogP contribution in [0.1, 0.15) is 28.9 Å². The molecule has 27 heavy (non-hydrogen) atoms. The summed E-state index contributed by atoms with van der Waals surface area (Å²) in [4.78, 5) is 28.8. The van der Waals surface area contributed by atoms with Gasteiger partial charge < -0.3 is 4.90 Å². The van der Waals surface area contributed by atoms with E-state index in [2.05, 4.69) is 26.0 Å². The molecule has 2 aromatic carbocycles. The van der Waals surface area contributed by atoms with Crippen LogP contribution in [0.3, 0.4) is 0 Å². The number of hydrogen-bond donors (Lipinski definition) is 0. The van der Waals surface area contributed by atoms with Crippen LogP contribution < -0.4 is 0 Å². The first-order chi connectivity index (χ1) is 12.9. The van der Waals surface area contributed by atoms with Gasteiger partial charge in [-0.1, -0.05) is 12.1 Å². The van der Waals surface area contributed by atoms with Crippen LogP contribution in [-0.4, -0.2) is 37.5 Å². The molecule has 0 fully saturated rings. The van der Waals surface area contributed by atoms with E-state index in [9.17, 15) is 14.9 Å². The highest BCUT2D eigenvalue weighted by molar-refractivity contribution is 9.10. The number of nitro groups is 1. The molecule has 1 aromatic heterocycles. The number of halogens is 1. The molecule has 3 aromatic rings. The lowest BCUT2D eigenvalue weighted by molar-refractivity contribution is -0.385. The average Bonchev–Trinajstić information content (AvgIpc) is 3.21. The van der Waals surface area contributed by atoms with Gasteiger partial charge >= 0.3 is 0 Å². The second kappa shape index (κ2) is 7.67. The van der Waals surface area contributed by atoms with Gasteiger partial charge in [0.05, 0.1) is 21.1 Å². The molecule has 0 spiro atoms. The van der Waals surface area contributed by atoms with Crippen LogP contribution in [0.25, 0.3) is 5.69 Å². The molecule has 138 valence electrons. The van der Waals surface area contributed by atoms with E-state index in [1.54, 1.807) is 29.0 Å². The van der Waals surface area contributed by atoms with Crippen molar-refractivity contribution >= 4 is 27.5 Å². The Balaban J connectivity index is 1.80. The smallest absolute Gasteiger partial charge is 0.284 e. The Hall–Kier alpha value is -3.07. The summed E-state index contributed by atoms with van der Waals surface area (Å²) in [6.07, 6.45) is 3.06. The maximum Gasteiger partial charge on any atom is 0.284 e. The highest BCUT2D eigenvalue weighted by Gasteiger charge is 2.22. The molecule has 3 rings (SSSR count). The highest BCUT2D eigenvalue weighted by Crippen LogP contribution is 2.28. The van der Waals surface area contributed by atoms with Crippen LogP contribution in [0, 0.1) is 10.1 Å². The largest absolute Gasteiger partial charge is 0.335 e. The normalized spacial score (nSPS) is 11.8. The summed E-state index contributed by atoms with van der Waals surface area (Å²) < 4.78 is 1.98. The number of nitrogens with zero attached hydrogens (tertiary/aromatic N) is 5. The summed E-state index contributed by atoms with van der Waals surface area (Å²) in [5.41, 5.74) is 1.92. The molecule has 1 atom stereocenters. The number of nitro benzene ring substituents is 1. The van der Waals surface area contributed by atoms with Crippen molar-refractivity contribution in [2.45, 2.75) is 13.0 Å². The Kier molecular flexibility index (Phi) is 5.31. The van der Waals surface area contributed by atoms with Crippen molar-refractivity contribution in [1.82, 2.24) is 19.7 Å². The van der Waals surface area contributed by atoms with Crippen LogP contribution in [0.5, 0.6) is 0 Å². The maximum absolute atomic E-state index is 12.8. The minimum Gasteiger partial charge on any atom is -0.335 e. The second-order valence-electron chi connectivity index (χ2n) is 5.95. The number of carbonyl (C=O) groups is 1. The lowest BCUT2D eigenvalue weighted by Gasteiger charge is -2.25. The van der Waals surface area contributed by atoms with Gasteiger partial charge in [-0.3, -0.25) is 14.9 Å². The summed E-state index contributed by atoms with van der Waals surface area (Å²) in [7, 11) is 1.67. The summed E-state index contributed by atoms with van der Waals surface area (Å²) in [6, 6.07) is 11.7. The second-order valence-corrected chi connectivity index (χ2v) is 6.80. The van der Waals surface area contributed by atoms with Crippen LogP contribution in [0.4, 0.5) is 5.69 Å². The molecular formula is C18H16BrN5O3. The third kappa shape index (κ3) is 3.87. The van der Waals surface area contributed by atoms with Crippen molar-refractivity contribution in [3.8, 4) is 5.69 Å². The van der Waals surface area contributed by atoms with Crippen molar-refractivity contribution in [1.29, 1.82) is 0 Å². The molecule has 0 aliphatic carbocycles. The molecule has 1 unspecified atom stereocenters. The van der Waals surface area contributed by atoms with Crippen LogP contribution in [0.2, 0.25) is 0 Å². The first-order valence-corrected chi connectivity index (χ1v) is 8.84. The molecule has 8 nitrogen and oxygen atoms in total. The lowest BCUT2D eigenvalue weighted by atomic mass is 10.1. The predicted octanol–water partition coefficient (Wildman–Crippen LogP) is 3.77. The molecule has 0 bridgehead atoms. The Morgan fingerprint density at radius 1 is 1.26 bits per heavy atom. The van der Waals surface area contributed by atoms with Crippen molar-refractivity contribution in [3.05, 3.63) is 80.8 Å². The van der Waals surface area contributed by atoms with Gasteiger partial charge in [0.2, 0.25) is 0 Å². The molecule has 0 aliphatic heterocycles. The molecule has 0 saturated heterocycles. The lowest BCUT2D eigenvalue weighted by Crippen LogP contribution is -2.29. The molecule has 0 saturated carbocycles. The fourth-order valence-electron chi connectivity index (χ4n) is 2.64. The Labute approximate surface area is 163 Å². The Bertz CT molecular complexity index is 973. The number of aromatic nitrogens is 3. The number of benzene rings is 2. The maximum atomic E-state index is 12.8. The van der Waals surface area contributed by atoms with Gasteiger partial charge in [0.25, 0.3) is 11.6 Å². The van der Waals surface area contributed by atoms with Crippen LogP contribution in [0.15, 0.2) is 59.6 Å².